The molecule has 3 aliphatic rings. The molecule has 0 spiro atoms. The first kappa shape index (κ1) is 17.9. The van der Waals surface area contributed by atoms with Crippen molar-refractivity contribution in [2.45, 2.75) is 68.8 Å². The van der Waals surface area contributed by atoms with Gasteiger partial charge < -0.3 is 20.9 Å². The highest BCUT2D eigenvalue weighted by Crippen LogP contribution is 2.33. The van der Waals surface area contributed by atoms with Gasteiger partial charge in [-0.3, -0.25) is 4.79 Å². The second-order valence-corrected chi connectivity index (χ2v) is 8.37. The summed E-state index contributed by atoms with van der Waals surface area (Å²) < 4.78 is 0. The Kier molecular flexibility index (Phi) is 6.27. The van der Waals surface area contributed by atoms with Crippen LogP contribution in [-0.2, 0) is 4.79 Å². The summed E-state index contributed by atoms with van der Waals surface area (Å²) in [7, 11) is 0. The summed E-state index contributed by atoms with van der Waals surface area (Å²) in [6.45, 7) is 4.99. The molecule has 0 radical (unpaired) electrons. The van der Waals surface area contributed by atoms with Gasteiger partial charge in [0.2, 0.25) is 5.91 Å². The molecule has 3 heterocycles. The molecule has 7 heteroatoms. The molecule has 4 atom stereocenters. The van der Waals surface area contributed by atoms with E-state index in [2.05, 4.69) is 27.8 Å². The van der Waals surface area contributed by atoms with E-state index in [1.807, 2.05) is 11.8 Å². The molecule has 3 saturated heterocycles. The minimum Gasteiger partial charge on any atom is -0.338 e. The zero-order valence-corrected chi connectivity index (χ0v) is 15.4. The smallest absolute Gasteiger partial charge is 0.315 e. The summed E-state index contributed by atoms with van der Waals surface area (Å²) in [4.78, 5) is 26.1. The minimum atomic E-state index is -0.0224. The number of hydrogen-bond acceptors (Lipinski definition) is 4. The van der Waals surface area contributed by atoms with E-state index >= 15 is 0 Å². The van der Waals surface area contributed by atoms with Crippen LogP contribution in [0.4, 0.5) is 4.79 Å². The van der Waals surface area contributed by atoms with Crippen LogP contribution in [0.3, 0.4) is 0 Å². The number of carbonyl (C=O) groups is 2. The monoisotopic (exact) mass is 354 g/mol. The predicted octanol–water partition coefficient (Wildman–Crippen LogP) is 1.31. The van der Waals surface area contributed by atoms with Gasteiger partial charge in [0.25, 0.3) is 0 Å². The summed E-state index contributed by atoms with van der Waals surface area (Å²) >= 11 is 1.95. The number of unbranched alkanes of at least 4 members (excludes halogenated alkanes) is 1. The van der Waals surface area contributed by atoms with Gasteiger partial charge in [-0.1, -0.05) is 13.3 Å². The van der Waals surface area contributed by atoms with Crippen LogP contribution in [0.5, 0.6) is 0 Å². The number of carbonyl (C=O) groups excluding carboxylic acids is 2. The summed E-state index contributed by atoms with van der Waals surface area (Å²) in [5.41, 5.74) is 0. The number of hydrogen-bond donors (Lipinski definition) is 3. The van der Waals surface area contributed by atoms with E-state index in [9.17, 15) is 9.59 Å². The third kappa shape index (κ3) is 4.17. The van der Waals surface area contributed by atoms with Gasteiger partial charge in [0.1, 0.15) is 0 Å². The molecule has 0 aromatic carbocycles. The molecule has 6 nitrogen and oxygen atoms in total. The van der Waals surface area contributed by atoms with Crippen molar-refractivity contribution in [1.82, 2.24) is 20.9 Å². The first-order chi connectivity index (χ1) is 11.7. The van der Waals surface area contributed by atoms with Gasteiger partial charge in [-0.2, -0.15) is 11.8 Å². The van der Waals surface area contributed by atoms with Crippen LogP contribution >= 0.6 is 11.8 Å². The molecular formula is C17H30N4O2S. The van der Waals surface area contributed by atoms with Gasteiger partial charge >= 0.3 is 6.03 Å². The zero-order valence-electron chi connectivity index (χ0n) is 14.6. The van der Waals surface area contributed by atoms with Gasteiger partial charge in [-0.05, 0) is 32.2 Å². The predicted molar refractivity (Wildman–Crippen MR) is 97.2 cm³/mol. The molecule has 3 fully saturated rings. The average Bonchev–Trinajstić information content (AvgIpc) is 3.27. The number of fused-ring (bicyclic) bond motifs is 1. The van der Waals surface area contributed by atoms with Crippen LogP contribution in [0.15, 0.2) is 0 Å². The van der Waals surface area contributed by atoms with Crippen molar-refractivity contribution < 1.29 is 9.59 Å². The maximum absolute atomic E-state index is 12.6. The highest BCUT2D eigenvalue weighted by molar-refractivity contribution is 8.00. The summed E-state index contributed by atoms with van der Waals surface area (Å²) in [6.07, 6.45) is 5.86. The normalized spacial score (nSPS) is 31.6. The van der Waals surface area contributed by atoms with Crippen LogP contribution in [-0.4, -0.2) is 65.6 Å². The van der Waals surface area contributed by atoms with Gasteiger partial charge in [-0.25, -0.2) is 4.79 Å². The first-order valence-corrected chi connectivity index (χ1v) is 10.4. The third-order valence-corrected chi connectivity index (χ3v) is 6.84. The van der Waals surface area contributed by atoms with Crippen molar-refractivity contribution in [3.05, 3.63) is 0 Å². The molecule has 1 unspecified atom stereocenters. The molecule has 3 N–H and O–H groups in total. The molecule has 136 valence electrons. The van der Waals surface area contributed by atoms with E-state index in [-0.39, 0.29) is 12.1 Å². The van der Waals surface area contributed by atoms with E-state index in [4.69, 9.17) is 0 Å². The van der Waals surface area contributed by atoms with Crippen molar-refractivity contribution >= 4 is 23.7 Å². The largest absolute Gasteiger partial charge is 0.338 e. The van der Waals surface area contributed by atoms with Crippen LogP contribution in [0.2, 0.25) is 0 Å². The lowest BCUT2D eigenvalue weighted by Crippen LogP contribution is -2.42. The van der Waals surface area contributed by atoms with Crippen molar-refractivity contribution in [2.24, 2.45) is 0 Å². The van der Waals surface area contributed by atoms with Gasteiger partial charge in [-0.15, -0.1) is 0 Å². The van der Waals surface area contributed by atoms with Crippen molar-refractivity contribution in [2.75, 3.05) is 25.4 Å². The second-order valence-electron chi connectivity index (χ2n) is 7.10. The second kappa shape index (κ2) is 8.43. The van der Waals surface area contributed by atoms with Gasteiger partial charge in [0.15, 0.2) is 0 Å². The minimum absolute atomic E-state index is 0.0224. The lowest BCUT2D eigenvalue weighted by Gasteiger charge is -2.28. The molecule has 0 aromatic rings. The molecule has 0 aliphatic carbocycles. The van der Waals surface area contributed by atoms with Crippen LogP contribution in [0, 0.1) is 0 Å². The molecule has 24 heavy (non-hydrogen) atoms. The van der Waals surface area contributed by atoms with E-state index < -0.39 is 0 Å². The molecular weight excluding hydrogens is 324 g/mol. The van der Waals surface area contributed by atoms with E-state index in [0.717, 1.165) is 57.5 Å². The standard InChI is InChI=1S/C17H30N4O2S/c1-2-9-21(12-7-8-18-10-12)15(22)6-4-3-5-14-16-13(11-24-14)19-17(23)20-16/h12-14,16,18H,2-11H2,1H3,(H2,19,20,23)/t12?,13-,14-,16-/m0/s1. The molecule has 0 saturated carbocycles. The lowest BCUT2D eigenvalue weighted by molar-refractivity contribution is -0.133. The number of nitrogens with one attached hydrogen (secondary N) is 3. The molecule has 0 bridgehead atoms. The number of nitrogens with zero attached hydrogens (tertiary/aromatic N) is 1. The lowest BCUT2D eigenvalue weighted by atomic mass is 10.0. The van der Waals surface area contributed by atoms with Crippen LogP contribution in [0.25, 0.3) is 0 Å². The Balaban J connectivity index is 1.37. The Morgan fingerprint density at radius 2 is 2.21 bits per heavy atom. The highest BCUT2D eigenvalue weighted by atomic mass is 32.2. The van der Waals surface area contributed by atoms with Gasteiger partial charge in [0, 0.05) is 36.6 Å². The van der Waals surface area contributed by atoms with Crippen molar-refractivity contribution in [3.63, 3.8) is 0 Å². The maximum atomic E-state index is 12.6. The quantitative estimate of drug-likeness (QED) is 0.454. The zero-order chi connectivity index (χ0) is 16.9. The first-order valence-electron chi connectivity index (χ1n) is 9.38. The Bertz CT molecular complexity index is 456. The van der Waals surface area contributed by atoms with Crippen molar-refractivity contribution in [3.8, 4) is 0 Å². The summed E-state index contributed by atoms with van der Waals surface area (Å²) in [5.74, 6) is 1.32. The molecule has 3 rings (SSSR count). The molecule has 3 aliphatic heterocycles. The third-order valence-electron chi connectivity index (χ3n) is 5.33. The average molecular weight is 355 g/mol. The fourth-order valence-electron chi connectivity index (χ4n) is 4.07. The van der Waals surface area contributed by atoms with Crippen LogP contribution < -0.4 is 16.0 Å². The topological polar surface area (TPSA) is 73.5 Å². The summed E-state index contributed by atoms with van der Waals surface area (Å²) in [5, 5.41) is 9.87. The SMILES string of the molecule is CCCN(C(=O)CCCC[C@@H]1SC[C@@H]2NC(=O)N[C@@H]21)C1CCNC1. The number of thioether (sulfide) groups is 1. The Morgan fingerprint density at radius 3 is 2.96 bits per heavy atom. The maximum Gasteiger partial charge on any atom is 0.315 e. The van der Waals surface area contributed by atoms with E-state index in [0.29, 0.717) is 29.7 Å². The van der Waals surface area contributed by atoms with Crippen LogP contribution in [0.1, 0.15) is 45.4 Å². The highest BCUT2D eigenvalue weighted by Gasteiger charge is 2.42. The number of amides is 3. The Labute approximate surface area is 148 Å². The Hall–Kier alpha value is -0.950. The number of rotatable bonds is 8. The Morgan fingerprint density at radius 1 is 1.33 bits per heavy atom. The fraction of sp³-hybridized carbons (Fsp3) is 0.882. The van der Waals surface area contributed by atoms with Gasteiger partial charge in [0.05, 0.1) is 12.1 Å². The number of urea groups is 1. The fourth-order valence-corrected chi connectivity index (χ4v) is 5.61. The van der Waals surface area contributed by atoms with E-state index in [1.54, 1.807) is 0 Å². The molecule has 3 amide bonds. The van der Waals surface area contributed by atoms with E-state index in [1.165, 1.54) is 0 Å². The summed E-state index contributed by atoms with van der Waals surface area (Å²) in [6, 6.07) is 0.942. The molecule has 0 aromatic heterocycles. The van der Waals surface area contributed by atoms with Crippen molar-refractivity contribution in [1.29, 1.82) is 0 Å².